The molecule has 0 bridgehead atoms. The number of nitrogens with one attached hydrogen (secondary N) is 2. The molecular weight excluding hydrogens is 358 g/mol. The molecule has 2 heterocycles. The lowest BCUT2D eigenvalue weighted by molar-refractivity contribution is 0.0963. The number of aromatic nitrogens is 1. The van der Waals surface area contributed by atoms with Crippen LogP contribution in [-0.2, 0) is 11.3 Å². The Morgan fingerprint density at radius 1 is 1.29 bits per heavy atom. The third-order valence-electron chi connectivity index (χ3n) is 4.38. The molecule has 1 fully saturated rings. The number of rotatable bonds is 8. The van der Waals surface area contributed by atoms with E-state index < -0.39 is 0 Å². The van der Waals surface area contributed by atoms with Gasteiger partial charge in [0.1, 0.15) is 0 Å². The number of pyridine rings is 1. The van der Waals surface area contributed by atoms with Gasteiger partial charge in [-0.25, -0.2) is 14.8 Å². The Hall–Kier alpha value is -2.51. The summed E-state index contributed by atoms with van der Waals surface area (Å²) in [5, 5.41) is 6.76. The Balaban J connectivity index is 1.84. The summed E-state index contributed by atoms with van der Waals surface area (Å²) in [5.41, 5.74) is 1.03. The quantitative estimate of drug-likeness (QED) is 0.523. The molecule has 0 unspecified atom stereocenters. The Labute approximate surface area is 167 Å². The van der Waals surface area contributed by atoms with Gasteiger partial charge in [0.2, 0.25) is 5.88 Å². The van der Waals surface area contributed by atoms with E-state index >= 15 is 0 Å². The molecule has 0 aromatic carbocycles. The lowest BCUT2D eigenvalue weighted by atomic mass is 10.1. The number of likely N-dealkylation sites (tertiary alicyclic amines) is 1. The molecule has 8 heteroatoms. The third kappa shape index (κ3) is 7.25. The highest BCUT2D eigenvalue weighted by Gasteiger charge is 2.24. The smallest absolute Gasteiger partial charge is 0.409 e. The van der Waals surface area contributed by atoms with E-state index in [9.17, 15) is 4.79 Å². The van der Waals surface area contributed by atoms with E-state index in [2.05, 4.69) is 27.5 Å². The van der Waals surface area contributed by atoms with Crippen LogP contribution in [0.15, 0.2) is 23.3 Å². The molecule has 156 valence electrons. The van der Waals surface area contributed by atoms with Gasteiger partial charge in [0.25, 0.3) is 0 Å². The second kappa shape index (κ2) is 12.0. The molecule has 1 amide bonds. The van der Waals surface area contributed by atoms with Gasteiger partial charge in [-0.05, 0) is 38.7 Å². The SMILES string of the molecule is CCCOc1ccc(CN=C(NCC)NC2CCN(C(=O)OCC)CC2)cn1. The molecule has 0 saturated carbocycles. The second-order valence-corrected chi connectivity index (χ2v) is 6.65. The number of amides is 1. The maximum Gasteiger partial charge on any atom is 0.409 e. The van der Waals surface area contributed by atoms with Crippen molar-refractivity contribution in [1.29, 1.82) is 0 Å². The van der Waals surface area contributed by atoms with Crippen LogP contribution in [-0.4, -0.2) is 60.8 Å². The van der Waals surface area contributed by atoms with E-state index in [-0.39, 0.29) is 12.1 Å². The molecule has 2 N–H and O–H groups in total. The van der Waals surface area contributed by atoms with Crippen molar-refractivity contribution in [2.24, 2.45) is 4.99 Å². The molecule has 2 rings (SSSR count). The third-order valence-corrected chi connectivity index (χ3v) is 4.38. The number of hydrogen-bond donors (Lipinski definition) is 2. The molecular formula is C20H33N5O3. The fraction of sp³-hybridized carbons (Fsp3) is 0.650. The summed E-state index contributed by atoms with van der Waals surface area (Å²) in [7, 11) is 0. The molecule has 1 aromatic heterocycles. The maximum atomic E-state index is 11.8. The highest BCUT2D eigenvalue weighted by atomic mass is 16.6. The summed E-state index contributed by atoms with van der Waals surface area (Å²) < 4.78 is 10.6. The van der Waals surface area contributed by atoms with E-state index in [0.29, 0.717) is 38.7 Å². The van der Waals surface area contributed by atoms with Crippen LogP contribution in [0.25, 0.3) is 0 Å². The van der Waals surface area contributed by atoms with Crippen molar-refractivity contribution in [2.75, 3.05) is 32.8 Å². The standard InChI is InChI=1S/C20H33N5O3/c1-4-13-28-18-8-7-16(14-22-18)15-23-19(21-5-2)24-17-9-11-25(12-10-17)20(26)27-6-3/h7-8,14,17H,4-6,9-13,15H2,1-3H3,(H2,21,23,24). The van der Waals surface area contributed by atoms with Gasteiger partial charge in [-0.2, -0.15) is 0 Å². The summed E-state index contributed by atoms with van der Waals surface area (Å²) in [5.74, 6) is 1.43. The Bertz CT molecular complexity index is 613. The molecule has 0 radical (unpaired) electrons. The zero-order chi connectivity index (χ0) is 20.2. The van der Waals surface area contributed by atoms with Crippen molar-refractivity contribution < 1.29 is 14.3 Å². The van der Waals surface area contributed by atoms with Crippen molar-refractivity contribution >= 4 is 12.1 Å². The minimum absolute atomic E-state index is 0.222. The first-order valence-electron chi connectivity index (χ1n) is 10.2. The highest BCUT2D eigenvalue weighted by molar-refractivity contribution is 5.80. The zero-order valence-corrected chi connectivity index (χ0v) is 17.2. The van der Waals surface area contributed by atoms with Gasteiger partial charge >= 0.3 is 6.09 Å². The summed E-state index contributed by atoms with van der Waals surface area (Å²) in [6.07, 6.45) is 4.28. The Morgan fingerprint density at radius 2 is 2.07 bits per heavy atom. The molecule has 0 atom stereocenters. The number of piperidine rings is 1. The molecule has 8 nitrogen and oxygen atoms in total. The largest absolute Gasteiger partial charge is 0.478 e. The predicted octanol–water partition coefficient (Wildman–Crippen LogP) is 2.55. The first-order valence-corrected chi connectivity index (χ1v) is 10.2. The Kier molecular flexibility index (Phi) is 9.37. The topological polar surface area (TPSA) is 88.1 Å². The average Bonchev–Trinajstić information content (AvgIpc) is 2.72. The molecule has 0 aliphatic carbocycles. The molecule has 1 aromatic rings. The van der Waals surface area contributed by atoms with Crippen LogP contribution in [0.1, 0.15) is 45.6 Å². The first-order chi connectivity index (χ1) is 13.7. The van der Waals surface area contributed by atoms with Gasteiger partial charge in [0, 0.05) is 37.9 Å². The molecule has 0 spiro atoms. The van der Waals surface area contributed by atoms with Gasteiger partial charge in [-0.3, -0.25) is 0 Å². The van der Waals surface area contributed by atoms with Gasteiger partial charge in [-0.1, -0.05) is 13.0 Å². The van der Waals surface area contributed by atoms with Crippen LogP contribution >= 0.6 is 0 Å². The maximum absolute atomic E-state index is 11.8. The minimum Gasteiger partial charge on any atom is -0.478 e. The van der Waals surface area contributed by atoms with Crippen LogP contribution < -0.4 is 15.4 Å². The van der Waals surface area contributed by atoms with Crippen LogP contribution in [0, 0.1) is 0 Å². The second-order valence-electron chi connectivity index (χ2n) is 6.65. The fourth-order valence-corrected chi connectivity index (χ4v) is 2.90. The minimum atomic E-state index is -0.222. The number of aliphatic imine (C=N–C) groups is 1. The van der Waals surface area contributed by atoms with E-state index in [1.807, 2.05) is 26.0 Å². The van der Waals surface area contributed by atoms with Crippen LogP contribution in [0.5, 0.6) is 5.88 Å². The van der Waals surface area contributed by atoms with Crippen LogP contribution in [0.4, 0.5) is 4.79 Å². The van der Waals surface area contributed by atoms with Crippen molar-refractivity contribution in [2.45, 2.75) is 52.6 Å². The van der Waals surface area contributed by atoms with Crippen LogP contribution in [0.3, 0.4) is 0 Å². The van der Waals surface area contributed by atoms with E-state index in [1.54, 1.807) is 11.1 Å². The van der Waals surface area contributed by atoms with Gasteiger partial charge in [0.05, 0.1) is 19.8 Å². The lowest BCUT2D eigenvalue weighted by Crippen LogP contribution is -2.49. The van der Waals surface area contributed by atoms with Crippen molar-refractivity contribution in [3.63, 3.8) is 0 Å². The molecule has 28 heavy (non-hydrogen) atoms. The summed E-state index contributed by atoms with van der Waals surface area (Å²) in [6, 6.07) is 4.15. The summed E-state index contributed by atoms with van der Waals surface area (Å²) in [4.78, 5) is 22.5. The summed E-state index contributed by atoms with van der Waals surface area (Å²) in [6.45, 7) is 9.74. The lowest BCUT2D eigenvalue weighted by Gasteiger charge is -2.32. The van der Waals surface area contributed by atoms with E-state index in [0.717, 1.165) is 37.3 Å². The van der Waals surface area contributed by atoms with Crippen molar-refractivity contribution in [1.82, 2.24) is 20.5 Å². The number of hydrogen-bond acceptors (Lipinski definition) is 5. The number of nitrogens with zero attached hydrogens (tertiary/aromatic N) is 3. The summed E-state index contributed by atoms with van der Waals surface area (Å²) >= 11 is 0. The first kappa shape index (κ1) is 21.8. The van der Waals surface area contributed by atoms with E-state index in [1.165, 1.54) is 0 Å². The van der Waals surface area contributed by atoms with Gasteiger partial charge < -0.3 is 25.0 Å². The normalized spacial score (nSPS) is 15.2. The zero-order valence-electron chi connectivity index (χ0n) is 17.2. The van der Waals surface area contributed by atoms with Crippen molar-refractivity contribution in [3.05, 3.63) is 23.9 Å². The van der Waals surface area contributed by atoms with Crippen molar-refractivity contribution in [3.8, 4) is 5.88 Å². The highest BCUT2D eigenvalue weighted by Crippen LogP contribution is 2.12. The number of carbonyl (C=O) groups is 1. The Morgan fingerprint density at radius 3 is 2.68 bits per heavy atom. The van der Waals surface area contributed by atoms with E-state index in [4.69, 9.17) is 9.47 Å². The number of carbonyl (C=O) groups excluding carboxylic acids is 1. The average molecular weight is 392 g/mol. The predicted molar refractivity (Wildman–Crippen MR) is 110 cm³/mol. The van der Waals surface area contributed by atoms with Crippen LogP contribution in [0.2, 0.25) is 0 Å². The number of ether oxygens (including phenoxy) is 2. The fourth-order valence-electron chi connectivity index (χ4n) is 2.90. The van der Waals surface area contributed by atoms with Gasteiger partial charge in [0.15, 0.2) is 5.96 Å². The molecule has 1 saturated heterocycles. The monoisotopic (exact) mass is 391 g/mol. The molecule has 1 aliphatic heterocycles. The van der Waals surface area contributed by atoms with Gasteiger partial charge in [-0.15, -0.1) is 0 Å². The number of guanidine groups is 1. The molecule has 1 aliphatic rings.